The molecule has 1 N–H and O–H groups in total. The number of urea groups is 1. The summed E-state index contributed by atoms with van der Waals surface area (Å²) < 4.78 is 0. The number of rotatable bonds is 4. The minimum Gasteiger partial charge on any atom is -0.368 e. The van der Waals surface area contributed by atoms with Gasteiger partial charge in [-0.2, -0.15) is 0 Å². The number of anilines is 1. The van der Waals surface area contributed by atoms with Gasteiger partial charge in [0, 0.05) is 62.6 Å². The normalized spacial score (nSPS) is 18.7. The molecule has 0 bridgehead atoms. The third-order valence-electron chi connectivity index (χ3n) is 5.92. The maximum atomic E-state index is 12.7. The Balaban J connectivity index is 1.19. The zero-order valence-electron chi connectivity index (χ0n) is 16.8. The van der Waals surface area contributed by atoms with E-state index in [1.54, 1.807) is 0 Å². The first-order valence-corrected chi connectivity index (χ1v) is 10.9. The summed E-state index contributed by atoms with van der Waals surface area (Å²) in [6, 6.07) is 18.9. The number of piperazine rings is 1. The van der Waals surface area contributed by atoms with Gasteiger partial charge in [-0.05, 0) is 42.7 Å². The molecule has 0 unspecified atom stereocenters. The lowest BCUT2D eigenvalue weighted by molar-refractivity contribution is 0.167. The molecule has 154 valence electrons. The fourth-order valence-corrected chi connectivity index (χ4v) is 4.28. The molecule has 2 aromatic rings. The van der Waals surface area contributed by atoms with Crippen LogP contribution in [0.2, 0.25) is 5.02 Å². The van der Waals surface area contributed by atoms with E-state index in [9.17, 15) is 4.79 Å². The lowest BCUT2D eigenvalue weighted by Crippen LogP contribution is -2.54. The van der Waals surface area contributed by atoms with Crippen LogP contribution in [-0.2, 0) is 6.54 Å². The van der Waals surface area contributed by atoms with E-state index in [1.807, 2.05) is 23.1 Å². The number of benzene rings is 2. The zero-order valence-corrected chi connectivity index (χ0v) is 17.5. The van der Waals surface area contributed by atoms with Gasteiger partial charge in [0.15, 0.2) is 0 Å². The third kappa shape index (κ3) is 5.43. The summed E-state index contributed by atoms with van der Waals surface area (Å²) in [6.45, 7) is 6.28. The minimum atomic E-state index is 0.0915. The van der Waals surface area contributed by atoms with Crippen LogP contribution in [0, 0.1) is 0 Å². The van der Waals surface area contributed by atoms with Crippen LogP contribution in [0.4, 0.5) is 10.5 Å². The molecule has 6 heteroatoms. The number of halogens is 1. The van der Waals surface area contributed by atoms with Crippen LogP contribution in [0.3, 0.4) is 0 Å². The summed E-state index contributed by atoms with van der Waals surface area (Å²) in [7, 11) is 0. The van der Waals surface area contributed by atoms with Gasteiger partial charge in [-0.25, -0.2) is 4.79 Å². The molecule has 2 fully saturated rings. The molecule has 0 aromatic heterocycles. The molecule has 29 heavy (non-hydrogen) atoms. The largest absolute Gasteiger partial charge is 0.368 e. The predicted octanol–water partition coefficient (Wildman–Crippen LogP) is 3.84. The van der Waals surface area contributed by atoms with E-state index in [2.05, 4.69) is 51.5 Å². The molecular formula is C23H29ClN4O. The molecule has 0 spiro atoms. The number of hydrogen-bond donors (Lipinski definition) is 1. The van der Waals surface area contributed by atoms with Gasteiger partial charge in [-0.1, -0.05) is 41.9 Å². The average molecular weight is 413 g/mol. The van der Waals surface area contributed by atoms with E-state index in [0.717, 1.165) is 63.7 Å². The van der Waals surface area contributed by atoms with E-state index < -0.39 is 0 Å². The van der Waals surface area contributed by atoms with Crippen LogP contribution in [0.25, 0.3) is 0 Å². The number of carbonyl (C=O) groups excluding carboxylic acids is 1. The molecule has 2 saturated heterocycles. The summed E-state index contributed by atoms with van der Waals surface area (Å²) in [4.78, 5) is 19.4. The lowest BCUT2D eigenvalue weighted by atomic mass is 10.0. The van der Waals surface area contributed by atoms with E-state index in [0.29, 0.717) is 0 Å². The van der Waals surface area contributed by atoms with E-state index in [4.69, 9.17) is 11.6 Å². The molecule has 5 nitrogen and oxygen atoms in total. The van der Waals surface area contributed by atoms with Gasteiger partial charge in [0.2, 0.25) is 0 Å². The standard InChI is InChI=1S/C23H29ClN4O/c24-20-8-6-19(7-9-20)18-26-12-10-21(11-13-26)25-23(29)28-16-14-27(15-17-28)22-4-2-1-3-5-22/h1-9,21H,10-18H2,(H,25,29). The molecule has 2 aromatic carbocycles. The number of hydrogen-bond acceptors (Lipinski definition) is 3. The van der Waals surface area contributed by atoms with Crippen molar-refractivity contribution in [1.29, 1.82) is 0 Å². The van der Waals surface area contributed by atoms with Crippen LogP contribution < -0.4 is 10.2 Å². The van der Waals surface area contributed by atoms with Crippen molar-refractivity contribution >= 4 is 23.3 Å². The van der Waals surface area contributed by atoms with Crippen molar-refractivity contribution in [2.45, 2.75) is 25.4 Å². The van der Waals surface area contributed by atoms with Gasteiger partial charge in [0.25, 0.3) is 0 Å². The fraction of sp³-hybridized carbons (Fsp3) is 0.435. The fourth-order valence-electron chi connectivity index (χ4n) is 4.16. The Morgan fingerprint density at radius 2 is 1.55 bits per heavy atom. The Labute approximate surface area is 178 Å². The molecule has 2 amide bonds. The number of carbonyl (C=O) groups is 1. The van der Waals surface area contributed by atoms with Crippen molar-refractivity contribution in [3.8, 4) is 0 Å². The number of amides is 2. The number of likely N-dealkylation sites (tertiary alicyclic amines) is 1. The average Bonchev–Trinajstić information content (AvgIpc) is 2.77. The van der Waals surface area contributed by atoms with Crippen molar-refractivity contribution < 1.29 is 4.79 Å². The predicted molar refractivity (Wildman–Crippen MR) is 119 cm³/mol. The van der Waals surface area contributed by atoms with Gasteiger partial charge in [0.1, 0.15) is 0 Å². The maximum Gasteiger partial charge on any atom is 0.317 e. The summed E-state index contributed by atoms with van der Waals surface area (Å²) in [5, 5.41) is 4.04. The molecular weight excluding hydrogens is 384 g/mol. The highest BCUT2D eigenvalue weighted by Gasteiger charge is 2.25. The molecule has 2 aliphatic rings. The Morgan fingerprint density at radius 1 is 0.897 bits per heavy atom. The van der Waals surface area contributed by atoms with E-state index in [-0.39, 0.29) is 12.1 Å². The second-order valence-corrected chi connectivity index (χ2v) is 8.37. The number of piperidine rings is 1. The first-order valence-electron chi connectivity index (χ1n) is 10.5. The molecule has 4 rings (SSSR count). The third-order valence-corrected chi connectivity index (χ3v) is 6.17. The first-order chi connectivity index (χ1) is 14.2. The van der Waals surface area contributed by atoms with Crippen molar-refractivity contribution in [1.82, 2.24) is 15.1 Å². The van der Waals surface area contributed by atoms with Gasteiger partial charge in [-0.15, -0.1) is 0 Å². The van der Waals surface area contributed by atoms with E-state index in [1.165, 1.54) is 11.3 Å². The second-order valence-electron chi connectivity index (χ2n) is 7.94. The molecule has 0 saturated carbocycles. The van der Waals surface area contributed by atoms with Crippen LogP contribution in [0.15, 0.2) is 54.6 Å². The lowest BCUT2D eigenvalue weighted by Gasteiger charge is -2.38. The monoisotopic (exact) mass is 412 g/mol. The Bertz CT molecular complexity index is 782. The zero-order chi connectivity index (χ0) is 20.1. The number of nitrogens with one attached hydrogen (secondary N) is 1. The van der Waals surface area contributed by atoms with Gasteiger partial charge >= 0.3 is 6.03 Å². The first kappa shape index (κ1) is 20.0. The van der Waals surface area contributed by atoms with Crippen molar-refractivity contribution in [3.05, 3.63) is 65.2 Å². The van der Waals surface area contributed by atoms with Crippen molar-refractivity contribution in [2.75, 3.05) is 44.2 Å². The van der Waals surface area contributed by atoms with Crippen LogP contribution in [0.1, 0.15) is 18.4 Å². The Hall–Kier alpha value is -2.24. The number of nitrogens with zero attached hydrogens (tertiary/aromatic N) is 3. The summed E-state index contributed by atoms with van der Waals surface area (Å²) in [5.41, 5.74) is 2.52. The quantitative estimate of drug-likeness (QED) is 0.829. The van der Waals surface area contributed by atoms with Crippen LogP contribution >= 0.6 is 11.6 Å². The Kier molecular flexibility index (Phi) is 6.57. The smallest absolute Gasteiger partial charge is 0.317 e. The van der Waals surface area contributed by atoms with Gasteiger partial charge in [-0.3, -0.25) is 4.90 Å². The number of para-hydroxylation sites is 1. The summed E-state index contributed by atoms with van der Waals surface area (Å²) >= 11 is 5.96. The molecule has 0 aliphatic carbocycles. The summed E-state index contributed by atoms with van der Waals surface area (Å²) in [5.74, 6) is 0. The minimum absolute atomic E-state index is 0.0915. The maximum absolute atomic E-state index is 12.7. The topological polar surface area (TPSA) is 38.8 Å². The molecule has 2 aliphatic heterocycles. The summed E-state index contributed by atoms with van der Waals surface area (Å²) in [6.07, 6.45) is 2.01. The SMILES string of the molecule is O=C(NC1CCN(Cc2ccc(Cl)cc2)CC1)N1CCN(c2ccccc2)CC1. The highest BCUT2D eigenvalue weighted by atomic mass is 35.5. The van der Waals surface area contributed by atoms with Crippen molar-refractivity contribution in [3.63, 3.8) is 0 Å². The second kappa shape index (κ2) is 9.51. The van der Waals surface area contributed by atoms with Crippen LogP contribution in [-0.4, -0.2) is 61.1 Å². The molecule has 2 heterocycles. The molecule has 0 radical (unpaired) electrons. The highest BCUT2D eigenvalue weighted by molar-refractivity contribution is 6.30. The molecule has 0 atom stereocenters. The van der Waals surface area contributed by atoms with Gasteiger partial charge in [0.05, 0.1) is 0 Å². The van der Waals surface area contributed by atoms with Crippen LogP contribution in [0.5, 0.6) is 0 Å². The Morgan fingerprint density at radius 3 is 2.21 bits per heavy atom. The van der Waals surface area contributed by atoms with E-state index >= 15 is 0 Å². The van der Waals surface area contributed by atoms with Crippen molar-refractivity contribution in [2.24, 2.45) is 0 Å². The highest BCUT2D eigenvalue weighted by Crippen LogP contribution is 2.18. The van der Waals surface area contributed by atoms with Gasteiger partial charge < -0.3 is 15.1 Å².